The highest BCUT2D eigenvalue weighted by molar-refractivity contribution is 5.23. The first-order chi connectivity index (χ1) is 10.1. The van der Waals surface area contributed by atoms with E-state index in [2.05, 4.69) is 9.88 Å². The Balaban J connectivity index is 1.95. The van der Waals surface area contributed by atoms with E-state index in [1.165, 1.54) is 0 Å². The summed E-state index contributed by atoms with van der Waals surface area (Å²) in [5.41, 5.74) is 6.71. The number of nitrogens with zero attached hydrogens (tertiary/aromatic N) is 2. The predicted octanol–water partition coefficient (Wildman–Crippen LogP) is 1.40. The molecule has 0 aliphatic heterocycles. The second-order valence-corrected chi connectivity index (χ2v) is 5.41. The van der Waals surface area contributed by atoms with Gasteiger partial charge in [-0.15, -0.1) is 0 Å². The third-order valence-electron chi connectivity index (χ3n) is 3.66. The smallest absolute Gasteiger partial charge is 0.114 e. The minimum absolute atomic E-state index is 0.199. The first kappa shape index (κ1) is 15.6. The van der Waals surface area contributed by atoms with E-state index in [4.69, 9.17) is 5.73 Å². The van der Waals surface area contributed by atoms with E-state index < -0.39 is 5.60 Å². The van der Waals surface area contributed by atoms with Gasteiger partial charge in [-0.05, 0) is 24.7 Å². The predicted molar refractivity (Wildman–Crippen MR) is 84.8 cm³/mol. The summed E-state index contributed by atoms with van der Waals surface area (Å²) in [7, 11) is 1.99. The molecule has 0 saturated carbocycles. The summed E-state index contributed by atoms with van der Waals surface area (Å²) in [6.07, 6.45) is 2.66. The van der Waals surface area contributed by atoms with Gasteiger partial charge in [0.15, 0.2) is 0 Å². The van der Waals surface area contributed by atoms with E-state index >= 15 is 0 Å². The van der Waals surface area contributed by atoms with Gasteiger partial charge in [-0.25, -0.2) is 0 Å². The van der Waals surface area contributed by atoms with Crippen molar-refractivity contribution in [1.29, 1.82) is 0 Å². The van der Waals surface area contributed by atoms with Crippen LogP contribution in [0.25, 0.3) is 0 Å². The molecule has 4 nitrogen and oxygen atoms in total. The molecule has 0 radical (unpaired) electrons. The number of benzene rings is 1. The summed E-state index contributed by atoms with van der Waals surface area (Å²) in [6, 6.07) is 15.5. The summed E-state index contributed by atoms with van der Waals surface area (Å²) in [4.78, 5) is 6.40. The molecule has 0 spiro atoms. The second-order valence-electron chi connectivity index (χ2n) is 5.41. The van der Waals surface area contributed by atoms with Gasteiger partial charge < -0.3 is 15.7 Å². The monoisotopic (exact) mass is 285 g/mol. The Morgan fingerprint density at radius 3 is 2.48 bits per heavy atom. The van der Waals surface area contributed by atoms with Crippen molar-refractivity contribution in [3.05, 3.63) is 66.0 Å². The summed E-state index contributed by atoms with van der Waals surface area (Å²) in [5.74, 6) is 0. The Kier molecular flexibility index (Phi) is 5.44. The van der Waals surface area contributed by atoms with Crippen LogP contribution >= 0.6 is 0 Å². The number of aromatic nitrogens is 1. The van der Waals surface area contributed by atoms with Crippen molar-refractivity contribution in [2.45, 2.75) is 12.0 Å². The van der Waals surface area contributed by atoms with Gasteiger partial charge in [0.05, 0.1) is 0 Å². The number of nitrogens with two attached hydrogens (primary N) is 1. The third kappa shape index (κ3) is 4.36. The van der Waals surface area contributed by atoms with Gasteiger partial charge in [-0.3, -0.25) is 4.98 Å². The maximum Gasteiger partial charge on any atom is 0.114 e. The van der Waals surface area contributed by atoms with E-state index in [-0.39, 0.29) is 6.54 Å². The topological polar surface area (TPSA) is 62.4 Å². The quantitative estimate of drug-likeness (QED) is 0.807. The molecule has 0 aliphatic carbocycles. The SMILES string of the molecule is CN(CCc1ccccn1)CC(O)(CN)c1ccccc1. The third-order valence-corrected chi connectivity index (χ3v) is 3.66. The maximum atomic E-state index is 10.8. The Morgan fingerprint density at radius 2 is 1.86 bits per heavy atom. The molecule has 1 heterocycles. The van der Waals surface area contributed by atoms with Crippen LogP contribution in [0.2, 0.25) is 0 Å². The Labute approximate surface area is 126 Å². The van der Waals surface area contributed by atoms with E-state index in [0.29, 0.717) is 6.54 Å². The maximum absolute atomic E-state index is 10.8. The number of hydrogen-bond donors (Lipinski definition) is 2. The summed E-state index contributed by atoms with van der Waals surface area (Å²) in [6.45, 7) is 1.53. The number of hydrogen-bond acceptors (Lipinski definition) is 4. The van der Waals surface area contributed by atoms with Crippen LogP contribution in [-0.2, 0) is 12.0 Å². The molecule has 1 unspecified atom stereocenters. The molecule has 1 aromatic heterocycles. The van der Waals surface area contributed by atoms with Crippen LogP contribution in [-0.4, -0.2) is 41.7 Å². The number of likely N-dealkylation sites (N-methyl/N-ethyl adjacent to an activating group) is 1. The minimum Gasteiger partial charge on any atom is -0.382 e. The van der Waals surface area contributed by atoms with Crippen LogP contribution in [0.3, 0.4) is 0 Å². The molecule has 1 atom stereocenters. The van der Waals surface area contributed by atoms with E-state index in [9.17, 15) is 5.11 Å². The Morgan fingerprint density at radius 1 is 1.14 bits per heavy atom. The van der Waals surface area contributed by atoms with Crippen LogP contribution in [0.15, 0.2) is 54.7 Å². The molecule has 0 saturated heterocycles. The van der Waals surface area contributed by atoms with Gasteiger partial charge in [0.1, 0.15) is 5.60 Å². The average Bonchev–Trinajstić information content (AvgIpc) is 2.54. The molecule has 21 heavy (non-hydrogen) atoms. The number of aliphatic hydroxyl groups is 1. The molecular weight excluding hydrogens is 262 g/mol. The fraction of sp³-hybridized carbons (Fsp3) is 0.353. The van der Waals surface area contributed by atoms with Crippen LogP contribution in [0, 0.1) is 0 Å². The number of pyridine rings is 1. The Hall–Kier alpha value is -1.75. The lowest BCUT2D eigenvalue weighted by Crippen LogP contribution is -2.45. The molecule has 1 aromatic carbocycles. The van der Waals surface area contributed by atoms with Gasteiger partial charge in [-0.1, -0.05) is 36.4 Å². The largest absolute Gasteiger partial charge is 0.382 e. The lowest BCUT2D eigenvalue weighted by atomic mass is 9.93. The number of rotatable bonds is 7. The normalized spacial score (nSPS) is 14.1. The molecule has 0 aliphatic rings. The van der Waals surface area contributed by atoms with E-state index in [1.54, 1.807) is 6.20 Å². The molecule has 0 bridgehead atoms. The summed E-state index contributed by atoms with van der Waals surface area (Å²) < 4.78 is 0. The highest BCUT2D eigenvalue weighted by Gasteiger charge is 2.28. The van der Waals surface area contributed by atoms with E-state index in [1.807, 2.05) is 55.6 Å². The van der Waals surface area contributed by atoms with Crippen LogP contribution in [0.4, 0.5) is 0 Å². The molecule has 112 valence electrons. The van der Waals surface area contributed by atoms with Crippen molar-refractivity contribution in [3.8, 4) is 0 Å². The zero-order valence-electron chi connectivity index (χ0n) is 12.4. The summed E-state index contributed by atoms with van der Waals surface area (Å²) >= 11 is 0. The second kappa shape index (κ2) is 7.31. The van der Waals surface area contributed by atoms with Crippen LogP contribution < -0.4 is 5.73 Å². The van der Waals surface area contributed by atoms with Crippen molar-refractivity contribution < 1.29 is 5.11 Å². The summed E-state index contributed by atoms with van der Waals surface area (Å²) in [5, 5.41) is 10.8. The lowest BCUT2D eigenvalue weighted by molar-refractivity contribution is 0.0141. The van der Waals surface area contributed by atoms with Crippen LogP contribution in [0.5, 0.6) is 0 Å². The zero-order valence-corrected chi connectivity index (χ0v) is 12.4. The van der Waals surface area contributed by atoms with Gasteiger partial charge in [0.2, 0.25) is 0 Å². The minimum atomic E-state index is -1.01. The molecular formula is C17H23N3O. The standard InChI is InChI=1S/C17H23N3O/c1-20(12-10-16-9-5-6-11-19-16)14-17(21,13-18)15-7-3-2-4-8-15/h2-9,11,21H,10,12-14,18H2,1H3. The first-order valence-electron chi connectivity index (χ1n) is 7.20. The van der Waals surface area contributed by atoms with Gasteiger partial charge in [-0.2, -0.15) is 0 Å². The van der Waals surface area contributed by atoms with E-state index in [0.717, 1.165) is 24.2 Å². The molecule has 2 rings (SSSR count). The fourth-order valence-electron chi connectivity index (χ4n) is 2.40. The van der Waals surface area contributed by atoms with Crippen molar-refractivity contribution in [2.24, 2.45) is 5.73 Å². The molecule has 3 N–H and O–H groups in total. The van der Waals surface area contributed by atoms with Crippen molar-refractivity contribution in [2.75, 3.05) is 26.7 Å². The van der Waals surface area contributed by atoms with Crippen molar-refractivity contribution >= 4 is 0 Å². The molecule has 0 amide bonds. The highest BCUT2D eigenvalue weighted by Crippen LogP contribution is 2.20. The average molecular weight is 285 g/mol. The highest BCUT2D eigenvalue weighted by atomic mass is 16.3. The molecule has 0 fully saturated rings. The Bertz CT molecular complexity index is 532. The van der Waals surface area contributed by atoms with Crippen LogP contribution in [0.1, 0.15) is 11.3 Å². The van der Waals surface area contributed by atoms with Gasteiger partial charge in [0.25, 0.3) is 0 Å². The molecule has 2 aromatic rings. The lowest BCUT2D eigenvalue weighted by Gasteiger charge is -2.32. The fourth-order valence-corrected chi connectivity index (χ4v) is 2.40. The molecule has 4 heteroatoms. The van der Waals surface area contributed by atoms with Gasteiger partial charge in [0, 0.05) is 37.9 Å². The van der Waals surface area contributed by atoms with Crippen molar-refractivity contribution in [3.63, 3.8) is 0 Å². The first-order valence-corrected chi connectivity index (χ1v) is 7.20. The zero-order chi connectivity index (χ0) is 15.1. The van der Waals surface area contributed by atoms with Crippen molar-refractivity contribution in [1.82, 2.24) is 9.88 Å². The van der Waals surface area contributed by atoms with Gasteiger partial charge >= 0.3 is 0 Å².